The van der Waals surface area contributed by atoms with E-state index >= 15 is 0 Å². The first kappa shape index (κ1) is 23.5. The van der Waals surface area contributed by atoms with Crippen LogP contribution < -0.4 is 10.2 Å². The summed E-state index contributed by atoms with van der Waals surface area (Å²) < 4.78 is 5.49. The van der Waals surface area contributed by atoms with Gasteiger partial charge in [0.15, 0.2) is 0 Å². The zero-order valence-corrected chi connectivity index (χ0v) is 20.6. The van der Waals surface area contributed by atoms with E-state index in [-0.39, 0.29) is 11.8 Å². The SMILES string of the molecule is Cc1cccc(-c2noc(CN3CCC(C(=O)NCc4ccc(N5CCCCC5)cc4)CC3)n2)c1. The molecule has 184 valence electrons. The lowest BCUT2D eigenvalue weighted by atomic mass is 9.96. The van der Waals surface area contributed by atoms with Crippen LogP contribution in [0.4, 0.5) is 5.69 Å². The summed E-state index contributed by atoms with van der Waals surface area (Å²) in [7, 11) is 0. The van der Waals surface area contributed by atoms with Gasteiger partial charge >= 0.3 is 0 Å². The van der Waals surface area contributed by atoms with Gasteiger partial charge in [-0.1, -0.05) is 41.1 Å². The van der Waals surface area contributed by atoms with E-state index in [0.717, 1.165) is 50.1 Å². The van der Waals surface area contributed by atoms with Crippen LogP contribution in [0.1, 0.15) is 49.1 Å². The van der Waals surface area contributed by atoms with E-state index in [1.807, 2.05) is 12.1 Å². The summed E-state index contributed by atoms with van der Waals surface area (Å²) in [4.78, 5) is 22.1. The molecule has 1 amide bonds. The summed E-state index contributed by atoms with van der Waals surface area (Å²) in [5, 5.41) is 7.29. The van der Waals surface area contributed by atoms with Crippen LogP contribution in [0.3, 0.4) is 0 Å². The average molecular weight is 474 g/mol. The lowest BCUT2D eigenvalue weighted by molar-refractivity contribution is -0.126. The van der Waals surface area contributed by atoms with Gasteiger partial charge in [0, 0.05) is 36.8 Å². The van der Waals surface area contributed by atoms with Crippen LogP contribution in [0.15, 0.2) is 53.1 Å². The third-order valence-electron chi connectivity index (χ3n) is 7.19. The molecule has 2 saturated heterocycles. The van der Waals surface area contributed by atoms with Gasteiger partial charge in [-0.2, -0.15) is 4.98 Å². The van der Waals surface area contributed by atoms with Gasteiger partial charge in [-0.15, -0.1) is 0 Å². The largest absolute Gasteiger partial charge is 0.372 e. The van der Waals surface area contributed by atoms with Crippen LogP contribution in [0, 0.1) is 12.8 Å². The number of rotatable bonds is 7. The van der Waals surface area contributed by atoms with Crippen LogP contribution >= 0.6 is 0 Å². The molecule has 0 atom stereocenters. The highest BCUT2D eigenvalue weighted by Gasteiger charge is 2.26. The minimum Gasteiger partial charge on any atom is -0.372 e. The highest BCUT2D eigenvalue weighted by atomic mass is 16.5. The Bertz CT molecular complexity index is 1110. The first-order valence-electron chi connectivity index (χ1n) is 12.9. The zero-order chi connectivity index (χ0) is 24.0. The van der Waals surface area contributed by atoms with Crippen molar-refractivity contribution in [1.82, 2.24) is 20.4 Å². The number of aryl methyl sites for hydroxylation is 1. The summed E-state index contributed by atoms with van der Waals surface area (Å²) in [6.45, 7) is 7.26. The maximum atomic E-state index is 12.8. The van der Waals surface area contributed by atoms with Gasteiger partial charge in [0.1, 0.15) is 0 Å². The Hall–Kier alpha value is -3.19. The molecule has 2 aliphatic heterocycles. The Balaban J connectivity index is 1.06. The van der Waals surface area contributed by atoms with Gasteiger partial charge in [0.05, 0.1) is 6.54 Å². The number of carbonyl (C=O) groups excluding carboxylic acids is 1. The molecule has 1 N–H and O–H groups in total. The van der Waals surface area contributed by atoms with E-state index in [1.54, 1.807) is 0 Å². The predicted octanol–water partition coefficient (Wildman–Crippen LogP) is 4.56. The summed E-state index contributed by atoms with van der Waals surface area (Å²) in [6.07, 6.45) is 5.59. The molecule has 7 heteroatoms. The molecule has 2 aromatic carbocycles. The Morgan fingerprint density at radius 3 is 2.54 bits per heavy atom. The molecule has 2 fully saturated rings. The summed E-state index contributed by atoms with van der Waals surface area (Å²) in [5.74, 6) is 1.47. The number of carbonyl (C=O) groups is 1. The molecule has 0 aliphatic carbocycles. The van der Waals surface area contributed by atoms with Crippen LogP contribution in [-0.2, 0) is 17.9 Å². The first-order chi connectivity index (χ1) is 17.1. The number of benzene rings is 2. The standard InChI is InChI=1S/C28H35N5O2/c1-21-6-5-7-24(18-21)27-30-26(35-31-27)20-32-16-12-23(13-17-32)28(34)29-19-22-8-10-25(11-9-22)33-14-3-2-4-15-33/h5-11,18,23H,2-4,12-17,19-20H2,1H3,(H,29,34). The van der Waals surface area contributed by atoms with Gasteiger partial charge in [0.2, 0.25) is 17.6 Å². The lowest BCUT2D eigenvalue weighted by Crippen LogP contribution is -2.40. The van der Waals surface area contributed by atoms with Crippen LogP contribution in [0.5, 0.6) is 0 Å². The number of hydrogen-bond acceptors (Lipinski definition) is 6. The van der Waals surface area contributed by atoms with Crippen molar-refractivity contribution < 1.29 is 9.32 Å². The second-order valence-corrected chi connectivity index (χ2v) is 9.86. The highest BCUT2D eigenvalue weighted by Crippen LogP contribution is 2.22. The van der Waals surface area contributed by atoms with E-state index in [1.165, 1.54) is 30.5 Å². The Morgan fingerprint density at radius 2 is 1.80 bits per heavy atom. The normalized spacial score (nSPS) is 17.5. The minimum atomic E-state index is 0.0596. The van der Waals surface area contributed by atoms with Gasteiger partial charge in [-0.3, -0.25) is 9.69 Å². The topological polar surface area (TPSA) is 74.5 Å². The third-order valence-corrected chi connectivity index (χ3v) is 7.19. The number of piperidine rings is 2. The maximum Gasteiger partial charge on any atom is 0.241 e. The lowest BCUT2D eigenvalue weighted by Gasteiger charge is -2.30. The van der Waals surface area contributed by atoms with Crippen molar-refractivity contribution in [2.75, 3.05) is 31.1 Å². The fraction of sp³-hybridized carbons (Fsp3) is 0.464. The second kappa shape index (κ2) is 11.0. The Labute approximate surface area is 207 Å². The second-order valence-electron chi connectivity index (χ2n) is 9.86. The van der Waals surface area contributed by atoms with Crippen molar-refractivity contribution in [3.8, 4) is 11.4 Å². The molecule has 0 radical (unpaired) electrons. The maximum absolute atomic E-state index is 12.8. The molecular formula is C28H35N5O2. The molecule has 0 unspecified atom stereocenters. The molecule has 0 bridgehead atoms. The minimum absolute atomic E-state index is 0.0596. The third kappa shape index (κ3) is 6.09. The number of nitrogens with one attached hydrogen (secondary N) is 1. The summed E-state index contributed by atoms with van der Waals surface area (Å²) in [5.41, 5.74) is 4.58. The fourth-order valence-electron chi connectivity index (χ4n) is 5.08. The zero-order valence-electron chi connectivity index (χ0n) is 20.6. The van der Waals surface area contributed by atoms with Crippen LogP contribution in [0.25, 0.3) is 11.4 Å². The number of anilines is 1. The molecule has 1 aromatic heterocycles. The number of nitrogens with zero attached hydrogens (tertiary/aromatic N) is 4. The fourth-order valence-corrected chi connectivity index (χ4v) is 5.08. The molecule has 7 nitrogen and oxygen atoms in total. The van der Waals surface area contributed by atoms with E-state index < -0.39 is 0 Å². The van der Waals surface area contributed by atoms with Crippen molar-refractivity contribution in [3.63, 3.8) is 0 Å². The highest BCUT2D eigenvalue weighted by molar-refractivity contribution is 5.78. The quantitative estimate of drug-likeness (QED) is 0.542. The molecular weight excluding hydrogens is 438 g/mol. The number of aromatic nitrogens is 2. The van der Waals surface area contributed by atoms with Crippen molar-refractivity contribution in [2.45, 2.75) is 52.1 Å². The summed E-state index contributed by atoms with van der Waals surface area (Å²) in [6, 6.07) is 16.8. The average Bonchev–Trinajstić information content (AvgIpc) is 3.37. The van der Waals surface area contributed by atoms with E-state index in [0.29, 0.717) is 24.8 Å². The van der Waals surface area contributed by atoms with Gasteiger partial charge in [0.25, 0.3) is 0 Å². The number of hydrogen-bond donors (Lipinski definition) is 1. The number of amides is 1. The van der Waals surface area contributed by atoms with Crippen molar-refractivity contribution >= 4 is 11.6 Å². The monoisotopic (exact) mass is 473 g/mol. The molecule has 5 rings (SSSR count). The smallest absolute Gasteiger partial charge is 0.241 e. The molecule has 35 heavy (non-hydrogen) atoms. The first-order valence-corrected chi connectivity index (χ1v) is 12.9. The predicted molar refractivity (Wildman–Crippen MR) is 137 cm³/mol. The Kier molecular flexibility index (Phi) is 7.42. The van der Waals surface area contributed by atoms with Gasteiger partial charge < -0.3 is 14.7 Å². The molecule has 2 aliphatic rings. The van der Waals surface area contributed by atoms with Crippen molar-refractivity contribution in [1.29, 1.82) is 0 Å². The number of likely N-dealkylation sites (tertiary alicyclic amines) is 1. The molecule has 3 heterocycles. The summed E-state index contributed by atoms with van der Waals surface area (Å²) >= 11 is 0. The van der Waals surface area contributed by atoms with Gasteiger partial charge in [-0.25, -0.2) is 0 Å². The van der Waals surface area contributed by atoms with Crippen molar-refractivity contribution in [3.05, 3.63) is 65.5 Å². The van der Waals surface area contributed by atoms with E-state index in [4.69, 9.17) is 4.52 Å². The Morgan fingerprint density at radius 1 is 1.03 bits per heavy atom. The molecule has 0 saturated carbocycles. The van der Waals surface area contributed by atoms with Crippen LogP contribution in [0.2, 0.25) is 0 Å². The molecule has 0 spiro atoms. The van der Waals surface area contributed by atoms with E-state index in [9.17, 15) is 4.79 Å². The van der Waals surface area contributed by atoms with Gasteiger partial charge in [-0.05, 0) is 75.9 Å². The van der Waals surface area contributed by atoms with E-state index in [2.05, 4.69) is 68.6 Å². The van der Waals surface area contributed by atoms with Crippen LogP contribution in [-0.4, -0.2) is 47.1 Å². The molecule has 3 aromatic rings. The van der Waals surface area contributed by atoms with Crippen molar-refractivity contribution in [2.24, 2.45) is 5.92 Å².